The predicted octanol–water partition coefficient (Wildman–Crippen LogP) is 3.30. The predicted molar refractivity (Wildman–Crippen MR) is 97.7 cm³/mol. The molecule has 1 fully saturated rings. The molecule has 2 heterocycles. The van der Waals surface area contributed by atoms with Crippen molar-refractivity contribution in [2.45, 2.75) is 19.4 Å². The number of hydrogen-bond donors (Lipinski definition) is 1. The van der Waals surface area contributed by atoms with E-state index in [1.807, 2.05) is 0 Å². The molecule has 0 unspecified atom stereocenters. The highest BCUT2D eigenvalue weighted by molar-refractivity contribution is 7.09. The first kappa shape index (κ1) is 17.6. The van der Waals surface area contributed by atoms with Gasteiger partial charge in [-0.2, -0.15) is 0 Å². The first-order valence-electron chi connectivity index (χ1n) is 8.39. The summed E-state index contributed by atoms with van der Waals surface area (Å²) in [6.45, 7) is 3.77. The first-order chi connectivity index (χ1) is 12.1. The number of piperidine rings is 1. The van der Waals surface area contributed by atoms with Gasteiger partial charge in [-0.15, -0.1) is 11.3 Å². The van der Waals surface area contributed by atoms with E-state index in [0.717, 1.165) is 32.5 Å². The number of thiophene rings is 1. The van der Waals surface area contributed by atoms with Gasteiger partial charge in [0.25, 0.3) is 11.6 Å². The van der Waals surface area contributed by atoms with E-state index in [9.17, 15) is 14.9 Å². The highest BCUT2D eigenvalue weighted by Gasteiger charge is 2.20. The number of carbonyl (C=O) groups is 1. The molecule has 132 valence electrons. The van der Waals surface area contributed by atoms with Gasteiger partial charge in [0.1, 0.15) is 0 Å². The molecule has 1 N–H and O–H groups in total. The van der Waals surface area contributed by atoms with Gasteiger partial charge in [0.15, 0.2) is 0 Å². The minimum absolute atomic E-state index is 0.00494. The summed E-state index contributed by atoms with van der Waals surface area (Å²) >= 11 is 1.79. The van der Waals surface area contributed by atoms with E-state index in [1.165, 1.54) is 29.1 Å². The van der Waals surface area contributed by atoms with E-state index >= 15 is 0 Å². The molecule has 6 nitrogen and oxygen atoms in total. The molecule has 2 aromatic rings. The van der Waals surface area contributed by atoms with E-state index < -0.39 is 4.92 Å². The van der Waals surface area contributed by atoms with Crippen molar-refractivity contribution in [1.82, 2.24) is 10.2 Å². The Morgan fingerprint density at radius 1 is 1.24 bits per heavy atom. The molecule has 0 spiro atoms. The summed E-state index contributed by atoms with van der Waals surface area (Å²) in [5, 5.41) is 15.7. The second-order valence-corrected chi connectivity index (χ2v) is 7.35. The van der Waals surface area contributed by atoms with Crippen LogP contribution in [0.5, 0.6) is 0 Å². The van der Waals surface area contributed by atoms with Crippen LogP contribution in [0.1, 0.15) is 28.1 Å². The average molecular weight is 359 g/mol. The number of likely N-dealkylation sites (tertiary alicyclic amines) is 1. The number of carbonyl (C=O) groups excluding carboxylic acids is 1. The summed E-state index contributed by atoms with van der Waals surface area (Å²) in [6.07, 6.45) is 2.15. The maximum Gasteiger partial charge on any atom is 0.269 e. The molecule has 1 aromatic carbocycles. The standard InChI is InChI=1S/C18H21N3O3S/c22-18(15-3-5-16(6-4-15)21(23)24)19-12-14-7-9-20(10-8-14)13-17-2-1-11-25-17/h1-6,11,14H,7-10,12-13H2,(H,19,22). The Labute approximate surface area is 150 Å². The maximum atomic E-state index is 12.2. The van der Waals surface area contributed by atoms with Crippen LogP contribution in [0.15, 0.2) is 41.8 Å². The van der Waals surface area contributed by atoms with E-state index in [2.05, 4.69) is 27.7 Å². The van der Waals surface area contributed by atoms with Crippen LogP contribution in [0.2, 0.25) is 0 Å². The summed E-state index contributed by atoms with van der Waals surface area (Å²) in [5.41, 5.74) is 0.454. The SMILES string of the molecule is O=C(NCC1CCN(Cc2cccs2)CC1)c1ccc([N+](=O)[O-])cc1. The molecule has 1 saturated heterocycles. The van der Waals surface area contributed by atoms with Gasteiger partial charge in [0.05, 0.1) is 4.92 Å². The van der Waals surface area contributed by atoms with Crippen molar-refractivity contribution in [3.8, 4) is 0 Å². The number of amides is 1. The second kappa shape index (κ2) is 8.22. The number of non-ortho nitro benzene ring substituents is 1. The normalized spacial score (nSPS) is 15.8. The zero-order valence-corrected chi connectivity index (χ0v) is 14.7. The average Bonchev–Trinajstić information content (AvgIpc) is 3.14. The first-order valence-corrected chi connectivity index (χ1v) is 9.27. The Morgan fingerprint density at radius 3 is 2.56 bits per heavy atom. The number of nitro groups is 1. The smallest absolute Gasteiger partial charge is 0.269 e. The van der Waals surface area contributed by atoms with Crippen molar-refractivity contribution in [2.24, 2.45) is 5.92 Å². The molecule has 0 bridgehead atoms. The van der Waals surface area contributed by atoms with Crippen molar-refractivity contribution >= 4 is 22.9 Å². The quantitative estimate of drug-likeness (QED) is 0.634. The van der Waals surface area contributed by atoms with Gasteiger partial charge in [-0.25, -0.2) is 0 Å². The minimum Gasteiger partial charge on any atom is -0.352 e. The molecule has 1 aliphatic heterocycles. The maximum absolute atomic E-state index is 12.2. The Kier molecular flexibility index (Phi) is 5.78. The Hall–Kier alpha value is -2.25. The molecular formula is C18H21N3O3S. The molecule has 1 amide bonds. The van der Waals surface area contributed by atoms with Gasteiger partial charge in [-0.1, -0.05) is 6.07 Å². The number of nitro benzene ring substituents is 1. The number of nitrogens with one attached hydrogen (secondary N) is 1. The van der Waals surface area contributed by atoms with Crippen LogP contribution >= 0.6 is 11.3 Å². The molecule has 7 heteroatoms. The molecule has 0 radical (unpaired) electrons. The van der Waals surface area contributed by atoms with Crippen LogP contribution in [0.3, 0.4) is 0 Å². The van der Waals surface area contributed by atoms with Gasteiger partial charge in [-0.3, -0.25) is 19.8 Å². The minimum atomic E-state index is -0.467. The fourth-order valence-electron chi connectivity index (χ4n) is 3.05. The lowest BCUT2D eigenvalue weighted by atomic mass is 9.96. The topological polar surface area (TPSA) is 75.5 Å². The fraction of sp³-hybridized carbons (Fsp3) is 0.389. The fourth-order valence-corrected chi connectivity index (χ4v) is 3.79. The molecule has 25 heavy (non-hydrogen) atoms. The number of benzene rings is 1. The van der Waals surface area contributed by atoms with Crippen molar-refractivity contribution in [2.75, 3.05) is 19.6 Å². The highest BCUT2D eigenvalue weighted by atomic mass is 32.1. The van der Waals surface area contributed by atoms with Crippen LogP contribution in [-0.2, 0) is 6.54 Å². The van der Waals surface area contributed by atoms with Crippen LogP contribution in [0, 0.1) is 16.0 Å². The Balaban J connectivity index is 1.41. The third-order valence-corrected chi connectivity index (χ3v) is 5.42. The van der Waals surface area contributed by atoms with E-state index in [-0.39, 0.29) is 11.6 Å². The lowest BCUT2D eigenvalue weighted by molar-refractivity contribution is -0.384. The van der Waals surface area contributed by atoms with Crippen molar-refractivity contribution in [1.29, 1.82) is 0 Å². The van der Waals surface area contributed by atoms with Crippen LogP contribution in [0.25, 0.3) is 0 Å². The monoisotopic (exact) mass is 359 g/mol. The van der Waals surface area contributed by atoms with Gasteiger partial charge in [0, 0.05) is 35.7 Å². The zero-order valence-electron chi connectivity index (χ0n) is 13.9. The van der Waals surface area contributed by atoms with E-state index in [4.69, 9.17) is 0 Å². The number of hydrogen-bond acceptors (Lipinski definition) is 5. The second-order valence-electron chi connectivity index (χ2n) is 6.31. The molecule has 1 aliphatic rings. The molecule has 3 rings (SSSR count). The molecular weight excluding hydrogens is 338 g/mol. The largest absolute Gasteiger partial charge is 0.352 e. The van der Waals surface area contributed by atoms with Crippen LogP contribution in [0.4, 0.5) is 5.69 Å². The summed E-state index contributed by atoms with van der Waals surface area (Å²) in [6, 6.07) is 9.96. The summed E-state index contributed by atoms with van der Waals surface area (Å²) in [4.78, 5) is 26.2. The summed E-state index contributed by atoms with van der Waals surface area (Å²) in [7, 11) is 0. The van der Waals surface area contributed by atoms with E-state index in [0.29, 0.717) is 18.0 Å². The molecule has 0 atom stereocenters. The third-order valence-electron chi connectivity index (χ3n) is 4.56. The van der Waals surface area contributed by atoms with Crippen molar-refractivity contribution in [3.05, 3.63) is 62.3 Å². The van der Waals surface area contributed by atoms with Gasteiger partial charge in [-0.05, 0) is 55.4 Å². The number of nitrogens with zero attached hydrogens (tertiary/aromatic N) is 2. The lowest BCUT2D eigenvalue weighted by Crippen LogP contribution is -2.38. The Bertz CT molecular complexity index is 708. The summed E-state index contributed by atoms with van der Waals surface area (Å²) < 4.78 is 0. The van der Waals surface area contributed by atoms with Gasteiger partial charge >= 0.3 is 0 Å². The molecule has 1 aromatic heterocycles. The van der Waals surface area contributed by atoms with E-state index in [1.54, 1.807) is 11.3 Å². The van der Waals surface area contributed by atoms with Gasteiger partial charge < -0.3 is 5.32 Å². The third kappa shape index (κ3) is 4.87. The zero-order chi connectivity index (χ0) is 17.6. The lowest BCUT2D eigenvalue weighted by Gasteiger charge is -2.31. The summed E-state index contributed by atoms with van der Waals surface area (Å²) in [5.74, 6) is 0.317. The van der Waals surface area contributed by atoms with Crippen LogP contribution < -0.4 is 5.32 Å². The number of rotatable bonds is 6. The van der Waals surface area contributed by atoms with Gasteiger partial charge in [0.2, 0.25) is 0 Å². The van der Waals surface area contributed by atoms with Crippen molar-refractivity contribution < 1.29 is 9.72 Å². The molecule has 0 saturated carbocycles. The van der Waals surface area contributed by atoms with Crippen molar-refractivity contribution in [3.63, 3.8) is 0 Å². The molecule has 0 aliphatic carbocycles. The highest BCUT2D eigenvalue weighted by Crippen LogP contribution is 2.20. The Morgan fingerprint density at radius 2 is 1.96 bits per heavy atom. The van der Waals surface area contributed by atoms with Crippen LogP contribution in [-0.4, -0.2) is 35.4 Å².